The molecule has 2 radical (unpaired) electrons. The fourth-order valence-corrected chi connectivity index (χ4v) is 5.52. The van der Waals surface area contributed by atoms with Crippen LogP contribution in [0.1, 0.15) is 32.6 Å². The summed E-state index contributed by atoms with van der Waals surface area (Å²) in [5.74, 6) is 0. The second-order valence-corrected chi connectivity index (χ2v) is 11.9. The third kappa shape index (κ3) is 13.0. The highest BCUT2D eigenvalue weighted by molar-refractivity contribution is 7.48. The molecule has 0 bridgehead atoms. The molecule has 0 aliphatic carbocycles. The quantitative estimate of drug-likeness (QED) is 0.128. The molecule has 0 spiro atoms. The number of aliphatic hydroxyl groups is 1. The fraction of sp³-hybridized carbons (Fsp3) is 1.00. The minimum Gasteiger partial charge on any atom is -0.396 e. The smallest absolute Gasteiger partial charge is 0.396 e. The summed E-state index contributed by atoms with van der Waals surface area (Å²) in [5, 5.41) is 8.72. The fourth-order valence-electron chi connectivity index (χ4n) is 2.52. The average Bonchev–Trinajstić information content (AvgIpc) is 3.09. The molecule has 2 N–H and O–H groups in total. The van der Waals surface area contributed by atoms with Crippen LogP contribution < -0.4 is 0 Å². The highest BCUT2D eigenvalue weighted by Crippen LogP contribution is 2.51. The zero-order valence-corrected chi connectivity index (χ0v) is 22.2. The monoisotopic (exact) mass is 554 g/mol. The van der Waals surface area contributed by atoms with Crippen LogP contribution in [0.5, 0.6) is 0 Å². The van der Waals surface area contributed by atoms with E-state index in [-0.39, 0.29) is 65.3 Å². The summed E-state index contributed by atoms with van der Waals surface area (Å²) < 4.78 is 81.5. The Morgan fingerprint density at radius 2 is 1.29 bits per heavy atom. The van der Waals surface area contributed by atoms with Crippen molar-refractivity contribution in [2.45, 2.75) is 50.8 Å². The predicted octanol–water partition coefficient (Wildman–Crippen LogP) is 2.53. The standard InChI is InChI=1S/C16H34BO14P3/c1-14-15(13-16(17)30-14)31-32(19,20)25-9-5-10-27-34(22,24-3)29-12-6-11-28-33(21,23-2)26-8-4-7-18/h14-16,18H,4-13H2,1-3H3,(H,19,20). The van der Waals surface area contributed by atoms with Gasteiger partial charge in [-0.1, -0.05) is 0 Å². The van der Waals surface area contributed by atoms with Crippen LogP contribution in [0.3, 0.4) is 0 Å². The van der Waals surface area contributed by atoms with Crippen molar-refractivity contribution in [3.63, 3.8) is 0 Å². The third-order valence-corrected chi connectivity index (χ3v) is 8.16. The molecule has 6 unspecified atom stereocenters. The average molecular weight is 554 g/mol. The first-order valence-corrected chi connectivity index (χ1v) is 15.0. The molecule has 0 amide bonds. The maximum atomic E-state index is 12.4. The summed E-state index contributed by atoms with van der Waals surface area (Å²) in [4.78, 5) is 9.80. The van der Waals surface area contributed by atoms with Gasteiger partial charge in [0.15, 0.2) is 0 Å². The van der Waals surface area contributed by atoms with Gasteiger partial charge in [-0.2, -0.15) is 0 Å². The van der Waals surface area contributed by atoms with E-state index in [1.807, 2.05) is 0 Å². The first-order chi connectivity index (χ1) is 16.0. The third-order valence-electron chi connectivity index (χ3n) is 4.23. The van der Waals surface area contributed by atoms with Gasteiger partial charge in [0.05, 0.1) is 45.2 Å². The lowest BCUT2D eigenvalue weighted by atomic mass is 9.96. The van der Waals surface area contributed by atoms with Crippen molar-refractivity contribution in [3.05, 3.63) is 0 Å². The summed E-state index contributed by atoms with van der Waals surface area (Å²) in [6, 6.07) is -0.571. The molecule has 200 valence electrons. The van der Waals surface area contributed by atoms with Gasteiger partial charge in [0.25, 0.3) is 0 Å². The molecule has 6 atom stereocenters. The summed E-state index contributed by atoms with van der Waals surface area (Å²) in [6.45, 7) is 0.939. The molecule has 1 aliphatic heterocycles. The number of aliphatic hydroxyl groups excluding tert-OH is 1. The number of rotatable bonds is 20. The molecular formula is C16H34BO14P3. The molecule has 0 saturated carbocycles. The number of phosphoric ester groups is 3. The van der Waals surface area contributed by atoms with Gasteiger partial charge >= 0.3 is 23.5 Å². The summed E-state index contributed by atoms with van der Waals surface area (Å²) in [6.07, 6.45) is -0.334. The van der Waals surface area contributed by atoms with Gasteiger partial charge in [0.1, 0.15) is 7.85 Å². The Bertz CT molecular complexity index is 712. The van der Waals surface area contributed by atoms with Gasteiger partial charge in [-0.3, -0.25) is 36.2 Å². The number of hydrogen-bond acceptors (Lipinski definition) is 13. The SMILES string of the molecule is [B]C1CC(OP(=O)(O)OCCCOP(=O)(OC)OCCCOP(=O)(OC)OCCCO)C(C)O1. The Balaban J connectivity index is 2.24. The first kappa shape index (κ1) is 32.3. The Morgan fingerprint density at radius 3 is 1.68 bits per heavy atom. The van der Waals surface area contributed by atoms with Crippen LogP contribution in [0.2, 0.25) is 0 Å². The lowest BCUT2D eigenvalue weighted by Gasteiger charge is -2.19. The molecule has 0 aromatic carbocycles. The van der Waals surface area contributed by atoms with Crippen LogP contribution in [-0.4, -0.2) is 89.9 Å². The van der Waals surface area contributed by atoms with Crippen molar-refractivity contribution < 1.29 is 64.6 Å². The minimum atomic E-state index is -4.34. The van der Waals surface area contributed by atoms with E-state index in [0.717, 1.165) is 14.2 Å². The van der Waals surface area contributed by atoms with Gasteiger partial charge in [-0.25, -0.2) is 13.7 Å². The molecule has 1 heterocycles. The maximum Gasteiger partial charge on any atom is 0.474 e. The summed E-state index contributed by atoms with van der Waals surface area (Å²) in [7, 11) is -4.08. The van der Waals surface area contributed by atoms with E-state index in [1.165, 1.54) is 0 Å². The van der Waals surface area contributed by atoms with E-state index < -0.39 is 41.7 Å². The number of phosphoric acid groups is 3. The number of hydrogen-bond donors (Lipinski definition) is 2. The molecule has 34 heavy (non-hydrogen) atoms. The molecule has 0 aromatic rings. The van der Waals surface area contributed by atoms with Gasteiger partial charge in [-0.05, 0) is 32.6 Å². The van der Waals surface area contributed by atoms with Crippen molar-refractivity contribution in [2.75, 3.05) is 53.9 Å². The van der Waals surface area contributed by atoms with Crippen molar-refractivity contribution in [1.29, 1.82) is 0 Å². The second kappa shape index (κ2) is 16.2. The zero-order chi connectivity index (χ0) is 25.7. The molecular weight excluding hydrogens is 520 g/mol. The van der Waals surface area contributed by atoms with Crippen molar-refractivity contribution in [1.82, 2.24) is 0 Å². The van der Waals surface area contributed by atoms with Gasteiger partial charge in [0.2, 0.25) is 0 Å². The van der Waals surface area contributed by atoms with Crippen molar-refractivity contribution in [3.8, 4) is 0 Å². The molecule has 0 aromatic heterocycles. The van der Waals surface area contributed by atoms with E-state index in [4.69, 9.17) is 53.9 Å². The molecule has 1 rings (SSSR count). The number of ether oxygens (including phenoxy) is 1. The molecule has 18 heteroatoms. The zero-order valence-electron chi connectivity index (χ0n) is 19.5. The summed E-state index contributed by atoms with van der Waals surface area (Å²) >= 11 is 0. The van der Waals surface area contributed by atoms with Crippen LogP contribution in [0.25, 0.3) is 0 Å². The first-order valence-electron chi connectivity index (χ1n) is 10.6. The highest BCUT2D eigenvalue weighted by atomic mass is 31.2. The largest absolute Gasteiger partial charge is 0.474 e. The highest BCUT2D eigenvalue weighted by Gasteiger charge is 2.36. The van der Waals surface area contributed by atoms with Crippen LogP contribution in [-0.2, 0) is 54.6 Å². The predicted molar refractivity (Wildman–Crippen MR) is 119 cm³/mol. The normalized spacial score (nSPS) is 26.1. The van der Waals surface area contributed by atoms with Crippen LogP contribution >= 0.6 is 23.5 Å². The van der Waals surface area contributed by atoms with Crippen LogP contribution in [0.4, 0.5) is 0 Å². The van der Waals surface area contributed by atoms with Gasteiger partial charge in [0, 0.05) is 26.8 Å². The molecule has 1 saturated heterocycles. The Labute approximate surface area is 201 Å². The Kier molecular flexibility index (Phi) is 15.4. The second-order valence-electron chi connectivity index (χ2n) is 6.94. The van der Waals surface area contributed by atoms with E-state index in [9.17, 15) is 18.6 Å². The topological polar surface area (TPSA) is 175 Å². The Hall–Kier alpha value is 0.315. The van der Waals surface area contributed by atoms with E-state index in [1.54, 1.807) is 6.92 Å². The molecule has 1 aliphatic rings. The van der Waals surface area contributed by atoms with Crippen molar-refractivity contribution in [2.24, 2.45) is 0 Å². The van der Waals surface area contributed by atoms with E-state index in [2.05, 4.69) is 0 Å². The Morgan fingerprint density at radius 1 is 0.853 bits per heavy atom. The van der Waals surface area contributed by atoms with Crippen LogP contribution in [0, 0.1) is 0 Å². The van der Waals surface area contributed by atoms with E-state index >= 15 is 0 Å². The van der Waals surface area contributed by atoms with Crippen molar-refractivity contribution >= 4 is 31.3 Å². The minimum absolute atomic E-state index is 0.00526. The van der Waals surface area contributed by atoms with Gasteiger partial charge < -0.3 is 14.7 Å². The molecule has 1 fully saturated rings. The van der Waals surface area contributed by atoms with Crippen LogP contribution in [0.15, 0.2) is 0 Å². The van der Waals surface area contributed by atoms with Gasteiger partial charge in [-0.15, -0.1) is 0 Å². The summed E-state index contributed by atoms with van der Waals surface area (Å²) in [5.41, 5.74) is 0. The lowest BCUT2D eigenvalue weighted by Crippen LogP contribution is -2.20. The molecule has 14 nitrogen and oxygen atoms in total. The maximum absolute atomic E-state index is 12.4. The van der Waals surface area contributed by atoms with E-state index in [0.29, 0.717) is 0 Å². The lowest BCUT2D eigenvalue weighted by molar-refractivity contribution is 0.0340.